The summed E-state index contributed by atoms with van der Waals surface area (Å²) in [5.41, 5.74) is 2.31. The van der Waals surface area contributed by atoms with Gasteiger partial charge in [0, 0.05) is 30.3 Å². The van der Waals surface area contributed by atoms with Gasteiger partial charge in [-0.2, -0.15) is 0 Å². The van der Waals surface area contributed by atoms with Crippen molar-refractivity contribution in [2.24, 2.45) is 0 Å². The van der Waals surface area contributed by atoms with E-state index in [0.29, 0.717) is 30.3 Å². The van der Waals surface area contributed by atoms with Gasteiger partial charge in [-0.25, -0.2) is 13.6 Å². The number of amides is 2. The zero-order valence-corrected chi connectivity index (χ0v) is 25.5. The number of ether oxygens (including phenoxy) is 1. The van der Waals surface area contributed by atoms with Crippen LogP contribution >= 0.6 is 0 Å². The average Bonchev–Trinajstić information content (AvgIpc) is 2.97. The summed E-state index contributed by atoms with van der Waals surface area (Å²) in [6.07, 6.45) is -2.07. The van der Waals surface area contributed by atoms with Gasteiger partial charge in [-0.15, -0.1) is 0 Å². The lowest BCUT2D eigenvalue weighted by Crippen LogP contribution is -2.51. The van der Waals surface area contributed by atoms with Crippen molar-refractivity contribution in [3.05, 3.63) is 106 Å². The summed E-state index contributed by atoms with van der Waals surface area (Å²) in [5.74, 6) is -3.31. The predicted octanol–water partition coefficient (Wildman–Crippen LogP) is 4.76. The molecule has 0 aromatic heterocycles. The molecule has 0 radical (unpaired) electrons. The van der Waals surface area contributed by atoms with Gasteiger partial charge < -0.3 is 25.2 Å². The van der Waals surface area contributed by atoms with Crippen LogP contribution in [0.5, 0.6) is 0 Å². The molecule has 3 aromatic rings. The molecule has 0 fully saturated rings. The van der Waals surface area contributed by atoms with Crippen molar-refractivity contribution in [3.8, 4) is 0 Å². The smallest absolute Gasteiger partial charge is 0.338 e. The molecule has 0 saturated heterocycles. The number of hydrogen-bond acceptors (Lipinski definition) is 6. The maximum atomic E-state index is 14.0. The molecule has 44 heavy (non-hydrogen) atoms. The van der Waals surface area contributed by atoms with Crippen molar-refractivity contribution >= 4 is 17.8 Å². The number of carbonyl (C=O) groups is 3. The highest BCUT2D eigenvalue weighted by Gasteiger charge is 2.30. The first-order chi connectivity index (χ1) is 20.9. The molecule has 3 rings (SSSR count). The van der Waals surface area contributed by atoms with Crippen LogP contribution in [-0.2, 0) is 11.2 Å². The van der Waals surface area contributed by atoms with Gasteiger partial charge in [-0.05, 0) is 86.7 Å². The molecule has 8 nitrogen and oxygen atoms in total. The lowest BCUT2D eigenvalue weighted by Gasteiger charge is -2.28. The fourth-order valence-electron chi connectivity index (χ4n) is 4.95. The quantitative estimate of drug-likeness (QED) is 0.227. The van der Waals surface area contributed by atoms with Crippen molar-refractivity contribution in [1.82, 2.24) is 10.2 Å². The SMILES string of the molecule is CCCN(CCC)C(=O)c1cc(C)cc(C(=O)N[C@@H](Cc2cc(F)cc(F)c2)[C@@H](O)C(O)COC(=O)c2cccc(C)c2)c1. The molecule has 0 aliphatic heterocycles. The van der Waals surface area contributed by atoms with Crippen LogP contribution in [0.25, 0.3) is 0 Å². The molecular weight excluding hydrogens is 570 g/mol. The number of hydrogen-bond donors (Lipinski definition) is 3. The van der Waals surface area contributed by atoms with Crippen molar-refractivity contribution < 1.29 is 38.1 Å². The van der Waals surface area contributed by atoms with Crippen molar-refractivity contribution in [3.63, 3.8) is 0 Å². The van der Waals surface area contributed by atoms with Crippen LogP contribution in [0.15, 0.2) is 60.7 Å². The Morgan fingerprint density at radius 3 is 2.07 bits per heavy atom. The van der Waals surface area contributed by atoms with Gasteiger partial charge in [0.1, 0.15) is 30.4 Å². The second-order valence-corrected chi connectivity index (χ2v) is 11.0. The third kappa shape index (κ3) is 9.68. The topological polar surface area (TPSA) is 116 Å². The fraction of sp³-hybridized carbons (Fsp3) is 0.382. The summed E-state index contributed by atoms with van der Waals surface area (Å²) < 4.78 is 33.1. The van der Waals surface area contributed by atoms with E-state index in [1.54, 1.807) is 55.1 Å². The van der Waals surface area contributed by atoms with Crippen LogP contribution in [-0.4, -0.2) is 70.8 Å². The fourth-order valence-corrected chi connectivity index (χ4v) is 4.95. The second kappa shape index (κ2) is 16.1. The van der Waals surface area contributed by atoms with Gasteiger partial charge in [-0.1, -0.05) is 31.5 Å². The number of aryl methyl sites for hydroxylation is 2. The van der Waals surface area contributed by atoms with E-state index in [4.69, 9.17) is 4.74 Å². The van der Waals surface area contributed by atoms with E-state index < -0.39 is 48.4 Å². The standard InChI is InChI=1S/C34H40F2N2O6/c1-5-10-38(11-6-2)33(42)26-14-22(4)13-25(18-26)32(41)37-29(17-23-15-27(35)19-28(36)16-23)31(40)30(39)20-44-34(43)24-9-7-8-21(3)12-24/h7-9,12-16,18-19,29-31,39-40H,5-6,10-11,17,20H2,1-4H3,(H,37,41)/t29-,30?,31+/m0/s1. The van der Waals surface area contributed by atoms with Gasteiger partial charge in [0.15, 0.2) is 0 Å². The Bertz CT molecular complexity index is 1440. The van der Waals surface area contributed by atoms with Crippen molar-refractivity contribution in [2.75, 3.05) is 19.7 Å². The van der Waals surface area contributed by atoms with E-state index in [1.807, 2.05) is 13.8 Å². The number of nitrogens with zero attached hydrogens (tertiary/aromatic N) is 1. The molecule has 1 unspecified atom stereocenters. The summed E-state index contributed by atoms with van der Waals surface area (Å²) >= 11 is 0. The molecule has 236 valence electrons. The number of esters is 1. The van der Waals surface area contributed by atoms with Crippen LogP contribution in [0.4, 0.5) is 8.78 Å². The van der Waals surface area contributed by atoms with E-state index >= 15 is 0 Å². The highest BCUT2D eigenvalue weighted by atomic mass is 19.1. The number of nitrogens with one attached hydrogen (secondary N) is 1. The number of halogens is 2. The van der Waals surface area contributed by atoms with E-state index in [0.717, 1.165) is 30.5 Å². The minimum atomic E-state index is -1.70. The third-order valence-corrected chi connectivity index (χ3v) is 7.00. The normalized spacial score (nSPS) is 13.1. The Labute approximate surface area is 256 Å². The van der Waals surface area contributed by atoms with E-state index in [2.05, 4.69) is 5.32 Å². The van der Waals surface area contributed by atoms with Crippen molar-refractivity contribution in [2.45, 2.75) is 65.2 Å². The Kier molecular flexibility index (Phi) is 12.5. The molecule has 3 aromatic carbocycles. The Balaban J connectivity index is 1.84. The molecule has 0 heterocycles. The lowest BCUT2D eigenvalue weighted by molar-refractivity contribution is -0.0403. The van der Waals surface area contributed by atoms with Crippen LogP contribution in [0.1, 0.15) is 74.5 Å². The van der Waals surface area contributed by atoms with E-state index in [1.165, 1.54) is 6.07 Å². The number of rotatable bonds is 14. The van der Waals surface area contributed by atoms with Gasteiger partial charge in [0.05, 0.1) is 11.6 Å². The number of carbonyl (C=O) groups excluding carboxylic acids is 3. The molecule has 10 heteroatoms. The molecule has 0 aliphatic rings. The van der Waals surface area contributed by atoms with Crippen LogP contribution < -0.4 is 5.32 Å². The largest absolute Gasteiger partial charge is 0.459 e. The highest BCUT2D eigenvalue weighted by Crippen LogP contribution is 2.17. The minimum Gasteiger partial charge on any atom is -0.459 e. The van der Waals surface area contributed by atoms with Gasteiger partial charge in [-0.3, -0.25) is 9.59 Å². The zero-order chi connectivity index (χ0) is 32.4. The molecule has 0 saturated carbocycles. The maximum absolute atomic E-state index is 14.0. The first-order valence-corrected chi connectivity index (χ1v) is 14.7. The summed E-state index contributed by atoms with van der Waals surface area (Å²) in [5, 5.41) is 24.5. The Morgan fingerprint density at radius 1 is 0.841 bits per heavy atom. The second-order valence-electron chi connectivity index (χ2n) is 11.0. The minimum absolute atomic E-state index is 0.116. The zero-order valence-electron chi connectivity index (χ0n) is 25.5. The number of benzene rings is 3. The predicted molar refractivity (Wildman–Crippen MR) is 162 cm³/mol. The molecule has 3 atom stereocenters. The van der Waals surface area contributed by atoms with Crippen molar-refractivity contribution in [1.29, 1.82) is 0 Å². The Morgan fingerprint density at radius 2 is 1.45 bits per heavy atom. The third-order valence-electron chi connectivity index (χ3n) is 7.00. The molecule has 0 aliphatic carbocycles. The molecule has 0 spiro atoms. The average molecular weight is 611 g/mol. The molecule has 3 N–H and O–H groups in total. The van der Waals surface area contributed by atoms with Gasteiger partial charge in [0.25, 0.3) is 11.8 Å². The molecule has 0 bridgehead atoms. The molecular formula is C34H40F2N2O6. The molecule has 2 amide bonds. The first-order valence-electron chi connectivity index (χ1n) is 14.7. The van der Waals surface area contributed by atoms with Crippen LogP contribution in [0.3, 0.4) is 0 Å². The summed E-state index contributed by atoms with van der Waals surface area (Å²) in [6, 6.07) is 12.9. The number of aliphatic hydroxyl groups is 2. The van der Waals surface area contributed by atoms with E-state index in [9.17, 15) is 33.4 Å². The summed E-state index contributed by atoms with van der Waals surface area (Å²) in [6.45, 7) is 8.01. The summed E-state index contributed by atoms with van der Waals surface area (Å²) in [4.78, 5) is 40.9. The Hall–Kier alpha value is -4.15. The lowest BCUT2D eigenvalue weighted by atomic mass is 9.96. The van der Waals surface area contributed by atoms with Crippen LogP contribution in [0, 0.1) is 25.5 Å². The van der Waals surface area contributed by atoms with Crippen LogP contribution in [0.2, 0.25) is 0 Å². The maximum Gasteiger partial charge on any atom is 0.338 e. The van der Waals surface area contributed by atoms with E-state index in [-0.39, 0.29) is 29.0 Å². The number of aliphatic hydroxyl groups excluding tert-OH is 2. The highest BCUT2D eigenvalue weighted by molar-refractivity contribution is 6.00. The van der Waals surface area contributed by atoms with Gasteiger partial charge >= 0.3 is 5.97 Å². The monoisotopic (exact) mass is 610 g/mol. The van der Waals surface area contributed by atoms with Gasteiger partial charge in [0.2, 0.25) is 0 Å². The first kappa shape index (κ1) is 34.3. The summed E-state index contributed by atoms with van der Waals surface area (Å²) in [7, 11) is 0.